The lowest BCUT2D eigenvalue weighted by molar-refractivity contribution is 0.0935. The number of carbonyl (C=O) groups excluding carboxylic acids is 1. The van der Waals surface area contributed by atoms with E-state index in [1.54, 1.807) is 4.57 Å². The highest BCUT2D eigenvalue weighted by Gasteiger charge is 2.25. The molecule has 2 atom stereocenters. The van der Waals surface area contributed by atoms with Crippen molar-refractivity contribution in [2.45, 2.75) is 44.6 Å². The van der Waals surface area contributed by atoms with Gasteiger partial charge in [0.25, 0.3) is 15.0 Å². The molecule has 2 rings (SSSR count). The first kappa shape index (κ1) is 16.4. The van der Waals surface area contributed by atoms with E-state index in [0.29, 0.717) is 30.6 Å². The summed E-state index contributed by atoms with van der Waals surface area (Å²) in [6, 6.07) is 1.33. The van der Waals surface area contributed by atoms with Gasteiger partial charge >= 0.3 is 0 Å². The van der Waals surface area contributed by atoms with E-state index >= 15 is 0 Å². The molecule has 5 nitrogen and oxygen atoms in total. The van der Waals surface area contributed by atoms with E-state index in [1.165, 1.54) is 25.1 Å². The van der Waals surface area contributed by atoms with Crippen molar-refractivity contribution in [2.24, 2.45) is 11.8 Å². The Labute approximate surface area is 130 Å². The molecule has 1 aromatic rings. The van der Waals surface area contributed by atoms with Gasteiger partial charge < -0.3 is 9.88 Å². The number of nitrogens with zero attached hydrogens (tertiary/aromatic N) is 1. The molecule has 2 unspecified atom stereocenters. The van der Waals surface area contributed by atoms with Crippen molar-refractivity contribution in [1.29, 1.82) is 0 Å². The highest BCUT2D eigenvalue weighted by atomic mass is 35.7. The van der Waals surface area contributed by atoms with E-state index in [1.807, 2.05) is 6.92 Å². The van der Waals surface area contributed by atoms with Crippen LogP contribution in [-0.2, 0) is 15.6 Å². The van der Waals surface area contributed by atoms with Crippen molar-refractivity contribution in [2.75, 3.05) is 6.54 Å². The average Bonchev–Trinajstić information content (AvgIpc) is 3.01. The predicted molar refractivity (Wildman–Crippen MR) is 82.0 cm³/mol. The maximum atomic E-state index is 12.3. The van der Waals surface area contributed by atoms with Crippen molar-refractivity contribution < 1.29 is 13.2 Å². The summed E-state index contributed by atoms with van der Waals surface area (Å²) in [7, 11) is 1.52. The van der Waals surface area contributed by atoms with Gasteiger partial charge in [0.05, 0.1) is 0 Å². The number of carbonyl (C=O) groups is 1. The molecule has 0 saturated heterocycles. The summed E-state index contributed by atoms with van der Waals surface area (Å²) in [5.41, 5.74) is 0.336. The highest BCUT2D eigenvalue weighted by Crippen LogP contribution is 2.30. The van der Waals surface area contributed by atoms with Crippen LogP contribution in [0, 0.1) is 11.8 Å². The Morgan fingerprint density at radius 1 is 1.48 bits per heavy atom. The van der Waals surface area contributed by atoms with Gasteiger partial charge in [0.15, 0.2) is 0 Å². The van der Waals surface area contributed by atoms with E-state index in [-0.39, 0.29) is 10.8 Å². The van der Waals surface area contributed by atoms with Crippen LogP contribution in [0.5, 0.6) is 0 Å². The number of aromatic nitrogens is 1. The first-order chi connectivity index (χ1) is 9.82. The molecule has 1 N–H and O–H groups in total. The normalized spacial score (nSPS) is 22.4. The number of hydrogen-bond donors (Lipinski definition) is 1. The van der Waals surface area contributed by atoms with Gasteiger partial charge in [0.1, 0.15) is 10.6 Å². The van der Waals surface area contributed by atoms with Gasteiger partial charge in [-0.3, -0.25) is 4.79 Å². The predicted octanol–water partition coefficient (Wildman–Crippen LogP) is 2.60. The third-order valence-corrected chi connectivity index (χ3v) is 5.61. The number of rotatable bonds is 5. The third-order valence-electron chi connectivity index (χ3n) is 4.29. The molecule has 1 aromatic heterocycles. The molecule has 1 heterocycles. The molecule has 1 fully saturated rings. The van der Waals surface area contributed by atoms with Crippen LogP contribution >= 0.6 is 10.7 Å². The fourth-order valence-electron chi connectivity index (χ4n) is 2.91. The Bertz CT molecular complexity index is 624. The van der Waals surface area contributed by atoms with Crippen LogP contribution in [0.1, 0.15) is 43.6 Å². The first-order valence-electron chi connectivity index (χ1n) is 7.26. The smallest absolute Gasteiger partial charge is 0.267 e. The zero-order chi connectivity index (χ0) is 15.6. The van der Waals surface area contributed by atoms with Crippen LogP contribution in [0.15, 0.2) is 17.2 Å². The summed E-state index contributed by atoms with van der Waals surface area (Å²) in [6.45, 7) is 5.20. The minimum Gasteiger partial charge on any atom is -0.350 e. The summed E-state index contributed by atoms with van der Waals surface area (Å²) in [4.78, 5) is 12.2. The Hall–Kier alpha value is -1.01. The summed E-state index contributed by atoms with van der Waals surface area (Å²) in [5.74, 6) is 0.889. The SMILES string of the molecule is CCn1cc(S(=O)(=O)Cl)cc1C(=O)NCC1CCCC1C. The molecule has 7 heteroatoms. The van der Waals surface area contributed by atoms with Crippen LogP contribution in [0.3, 0.4) is 0 Å². The van der Waals surface area contributed by atoms with Crippen LogP contribution in [0.4, 0.5) is 0 Å². The van der Waals surface area contributed by atoms with Crippen molar-refractivity contribution in [3.8, 4) is 0 Å². The second-order valence-corrected chi connectivity index (χ2v) is 8.23. The lowest BCUT2D eigenvalue weighted by atomic mass is 9.98. The minimum atomic E-state index is -3.82. The van der Waals surface area contributed by atoms with Gasteiger partial charge in [-0.15, -0.1) is 0 Å². The van der Waals surface area contributed by atoms with Crippen LogP contribution < -0.4 is 5.32 Å². The molecule has 0 spiro atoms. The van der Waals surface area contributed by atoms with Gasteiger partial charge in [-0.25, -0.2) is 8.42 Å². The topological polar surface area (TPSA) is 68.2 Å². The van der Waals surface area contributed by atoms with Crippen LogP contribution in [0.25, 0.3) is 0 Å². The number of halogens is 1. The van der Waals surface area contributed by atoms with Gasteiger partial charge in [-0.05, 0) is 31.2 Å². The van der Waals surface area contributed by atoms with Gasteiger partial charge in [-0.2, -0.15) is 0 Å². The number of hydrogen-bond acceptors (Lipinski definition) is 3. The van der Waals surface area contributed by atoms with Gasteiger partial charge in [-0.1, -0.05) is 19.8 Å². The minimum absolute atomic E-state index is 0.0367. The lowest BCUT2D eigenvalue weighted by Crippen LogP contribution is -2.31. The van der Waals surface area contributed by atoms with Gasteiger partial charge in [0.2, 0.25) is 0 Å². The Morgan fingerprint density at radius 3 is 2.71 bits per heavy atom. The molecule has 1 amide bonds. The van der Waals surface area contributed by atoms with Crippen molar-refractivity contribution in [3.05, 3.63) is 18.0 Å². The molecule has 0 aliphatic heterocycles. The number of aryl methyl sites for hydroxylation is 1. The maximum Gasteiger partial charge on any atom is 0.267 e. The van der Waals surface area contributed by atoms with Gasteiger partial charge in [0, 0.05) is 30.0 Å². The zero-order valence-electron chi connectivity index (χ0n) is 12.3. The maximum absolute atomic E-state index is 12.3. The van der Waals surface area contributed by atoms with E-state index in [9.17, 15) is 13.2 Å². The molecule has 0 aromatic carbocycles. The molecule has 1 aliphatic carbocycles. The zero-order valence-corrected chi connectivity index (χ0v) is 13.9. The molecule has 21 heavy (non-hydrogen) atoms. The molecule has 1 aliphatic rings. The van der Waals surface area contributed by atoms with Crippen LogP contribution in [0.2, 0.25) is 0 Å². The summed E-state index contributed by atoms with van der Waals surface area (Å²) in [6.07, 6.45) is 4.95. The van der Waals surface area contributed by atoms with E-state index in [0.717, 1.165) is 6.42 Å². The Morgan fingerprint density at radius 2 is 2.19 bits per heavy atom. The molecule has 0 radical (unpaired) electrons. The molecular weight excluding hydrogens is 312 g/mol. The summed E-state index contributed by atoms with van der Waals surface area (Å²) >= 11 is 0. The monoisotopic (exact) mass is 332 g/mol. The second-order valence-electron chi connectivity index (χ2n) is 5.66. The molecule has 1 saturated carbocycles. The Balaban J connectivity index is 2.09. The summed E-state index contributed by atoms with van der Waals surface area (Å²) < 4.78 is 24.3. The fraction of sp³-hybridized carbons (Fsp3) is 0.643. The van der Waals surface area contributed by atoms with E-state index in [2.05, 4.69) is 12.2 Å². The number of amides is 1. The standard InChI is InChI=1S/C14H21ClN2O3S/c1-3-17-9-12(21(15,19)20)7-13(17)14(18)16-8-11-6-4-5-10(11)2/h7,9-11H,3-6,8H2,1-2H3,(H,16,18). The summed E-state index contributed by atoms with van der Waals surface area (Å²) in [5, 5.41) is 2.91. The third kappa shape index (κ3) is 3.80. The fourth-order valence-corrected chi connectivity index (χ4v) is 3.67. The largest absolute Gasteiger partial charge is 0.350 e. The van der Waals surface area contributed by atoms with Crippen molar-refractivity contribution in [3.63, 3.8) is 0 Å². The number of nitrogens with one attached hydrogen (secondary N) is 1. The van der Waals surface area contributed by atoms with Crippen LogP contribution in [-0.4, -0.2) is 25.4 Å². The second kappa shape index (κ2) is 6.40. The van der Waals surface area contributed by atoms with Crippen molar-refractivity contribution in [1.82, 2.24) is 9.88 Å². The van der Waals surface area contributed by atoms with Crippen molar-refractivity contribution >= 4 is 25.6 Å². The van der Waals surface area contributed by atoms with E-state index < -0.39 is 9.05 Å². The molecule has 0 bridgehead atoms. The highest BCUT2D eigenvalue weighted by molar-refractivity contribution is 8.13. The quantitative estimate of drug-likeness (QED) is 0.843. The first-order valence-corrected chi connectivity index (χ1v) is 9.57. The van der Waals surface area contributed by atoms with E-state index in [4.69, 9.17) is 10.7 Å². The Kier molecular flexibility index (Phi) is 4.99. The molecular formula is C14H21ClN2O3S. The lowest BCUT2D eigenvalue weighted by Gasteiger charge is -2.16. The average molecular weight is 333 g/mol. The molecule has 118 valence electrons.